The van der Waals surface area contributed by atoms with Gasteiger partial charge in [-0.3, -0.25) is 0 Å². The number of hydrogen-bond acceptors (Lipinski definition) is 3. The molecule has 0 amide bonds. The molecule has 0 unspecified atom stereocenters. The van der Waals surface area contributed by atoms with Crippen LogP contribution in [-0.2, 0) is 0 Å². The smallest absolute Gasteiger partial charge is 0.246 e. The van der Waals surface area contributed by atoms with E-state index in [0.29, 0.717) is 5.71 Å². The molecule has 45 heavy (non-hydrogen) atoms. The third kappa shape index (κ3) is 3.52. The van der Waals surface area contributed by atoms with E-state index in [9.17, 15) is 0 Å². The summed E-state index contributed by atoms with van der Waals surface area (Å²) < 4.78 is 6.21. The Labute approximate surface area is 258 Å². The average molecular weight is 573 g/mol. The maximum absolute atomic E-state index is 6.21. The molecule has 0 saturated carbocycles. The molecular formula is C42H24N2O. The molecule has 10 rings (SSSR count). The molecule has 208 valence electrons. The van der Waals surface area contributed by atoms with Crippen molar-refractivity contribution in [1.82, 2.24) is 9.97 Å². The van der Waals surface area contributed by atoms with E-state index in [1.165, 1.54) is 54.6 Å². The van der Waals surface area contributed by atoms with Gasteiger partial charge in [-0.15, -0.1) is 0 Å². The summed E-state index contributed by atoms with van der Waals surface area (Å²) in [6.45, 7) is 0. The quantitative estimate of drug-likeness (QED) is 0.193. The Morgan fingerprint density at radius 1 is 0.422 bits per heavy atom. The first kappa shape index (κ1) is 24.4. The van der Waals surface area contributed by atoms with Gasteiger partial charge >= 0.3 is 0 Å². The van der Waals surface area contributed by atoms with Crippen molar-refractivity contribution in [1.29, 1.82) is 0 Å². The number of rotatable bonds is 2. The molecule has 0 radical (unpaired) electrons. The number of furan rings is 1. The van der Waals surface area contributed by atoms with Gasteiger partial charge < -0.3 is 4.42 Å². The van der Waals surface area contributed by atoms with Crippen LogP contribution in [0.15, 0.2) is 150 Å². The number of para-hydroxylation sites is 2. The third-order valence-electron chi connectivity index (χ3n) is 9.24. The standard InChI is InChI=1S/C42H24N2O/c1-2-12-28-25(10-1)11-9-17-30(28)39-33-15-5-3-13-31(33)38(32-14-4-6-16-34(32)39)27-20-22-29-26(24-27)21-23-37-40(29)41-42(45-37)44-36-19-8-7-18-35(36)43-41/h1-24H. The van der Waals surface area contributed by atoms with E-state index >= 15 is 0 Å². The van der Waals surface area contributed by atoms with Gasteiger partial charge in [0.25, 0.3) is 0 Å². The van der Waals surface area contributed by atoms with Crippen molar-refractivity contribution in [3.05, 3.63) is 146 Å². The van der Waals surface area contributed by atoms with Crippen molar-refractivity contribution in [2.24, 2.45) is 0 Å². The minimum absolute atomic E-state index is 0.571. The number of nitrogens with zero attached hydrogens (tertiary/aromatic N) is 2. The Balaban J connectivity index is 1.27. The van der Waals surface area contributed by atoms with Crippen LogP contribution in [0.5, 0.6) is 0 Å². The lowest BCUT2D eigenvalue weighted by molar-refractivity contribution is 0.655. The lowest BCUT2D eigenvalue weighted by Gasteiger charge is -2.19. The molecule has 2 aromatic heterocycles. The Morgan fingerprint density at radius 3 is 1.80 bits per heavy atom. The second kappa shape index (κ2) is 9.22. The van der Waals surface area contributed by atoms with E-state index in [2.05, 4.69) is 121 Å². The Bertz CT molecular complexity index is 2770. The zero-order valence-electron chi connectivity index (χ0n) is 24.2. The number of fused-ring (bicyclic) bond motifs is 9. The van der Waals surface area contributed by atoms with Gasteiger partial charge in [-0.25, -0.2) is 9.97 Å². The van der Waals surface area contributed by atoms with E-state index in [0.717, 1.165) is 38.3 Å². The summed E-state index contributed by atoms with van der Waals surface area (Å²) >= 11 is 0. The zero-order chi connectivity index (χ0) is 29.5. The van der Waals surface area contributed by atoms with Crippen molar-refractivity contribution in [2.75, 3.05) is 0 Å². The highest BCUT2D eigenvalue weighted by atomic mass is 16.3. The summed E-state index contributed by atoms with van der Waals surface area (Å²) in [7, 11) is 0. The first-order valence-electron chi connectivity index (χ1n) is 15.3. The summed E-state index contributed by atoms with van der Waals surface area (Å²) in [4.78, 5) is 9.76. The van der Waals surface area contributed by atoms with Crippen LogP contribution in [0.2, 0.25) is 0 Å². The van der Waals surface area contributed by atoms with Crippen molar-refractivity contribution in [3.8, 4) is 22.3 Å². The molecule has 0 fully saturated rings. The van der Waals surface area contributed by atoms with Crippen molar-refractivity contribution in [2.45, 2.75) is 0 Å². The normalized spacial score (nSPS) is 12.0. The maximum atomic E-state index is 6.21. The van der Waals surface area contributed by atoms with Gasteiger partial charge in [0, 0.05) is 0 Å². The predicted molar refractivity (Wildman–Crippen MR) is 188 cm³/mol. The Morgan fingerprint density at radius 2 is 1.04 bits per heavy atom. The molecule has 0 aliphatic rings. The molecule has 3 heteroatoms. The lowest BCUT2D eigenvalue weighted by Crippen LogP contribution is -1.91. The molecule has 8 aromatic carbocycles. The summed E-state index contributed by atoms with van der Waals surface area (Å²) in [6.07, 6.45) is 0. The molecule has 3 nitrogen and oxygen atoms in total. The minimum atomic E-state index is 0.571. The highest BCUT2D eigenvalue weighted by Gasteiger charge is 2.19. The monoisotopic (exact) mass is 572 g/mol. The second-order valence-corrected chi connectivity index (χ2v) is 11.7. The molecule has 0 N–H and O–H groups in total. The predicted octanol–water partition coefficient (Wildman–Crippen LogP) is 11.5. The van der Waals surface area contributed by atoms with Gasteiger partial charge in [0.05, 0.1) is 16.4 Å². The Hall–Kier alpha value is -6.06. The van der Waals surface area contributed by atoms with E-state index in [4.69, 9.17) is 14.4 Å². The minimum Gasteiger partial charge on any atom is -0.436 e. The molecule has 10 aromatic rings. The molecule has 0 bridgehead atoms. The van der Waals surface area contributed by atoms with Gasteiger partial charge in [-0.05, 0) is 89.6 Å². The summed E-state index contributed by atoms with van der Waals surface area (Å²) in [5, 5.41) is 10.8. The van der Waals surface area contributed by atoms with Gasteiger partial charge in [-0.1, -0.05) is 121 Å². The fourth-order valence-electron chi connectivity index (χ4n) is 7.29. The van der Waals surface area contributed by atoms with Crippen LogP contribution in [0.1, 0.15) is 0 Å². The summed E-state index contributed by atoms with van der Waals surface area (Å²) in [5.74, 6) is 0. The van der Waals surface area contributed by atoms with Gasteiger partial charge in [0.15, 0.2) is 0 Å². The molecule has 0 aliphatic carbocycles. The van der Waals surface area contributed by atoms with Crippen LogP contribution in [0.4, 0.5) is 0 Å². The summed E-state index contributed by atoms with van der Waals surface area (Å²) in [5.41, 5.74) is 8.84. The molecule has 0 aliphatic heterocycles. The van der Waals surface area contributed by atoms with Crippen LogP contribution in [-0.4, -0.2) is 9.97 Å². The highest BCUT2D eigenvalue weighted by Crippen LogP contribution is 2.46. The molecule has 0 atom stereocenters. The molecule has 2 heterocycles. The topological polar surface area (TPSA) is 38.9 Å². The molecule has 0 saturated heterocycles. The van der Waals surface area contributed by atoms with Crippen molar-refractivity contribution >= 4 is 76.3 Å². The van der Waals surface area contributed by atoms with Gasteiger partial charge in [-0.2, -0.15) is 0 Å². The zero-order valence-corrected chi connectivity index (χ0v) is 24.2. The van der Waals surface area contributed by atoms with Gasteiger partial charge in [0.2, 0.25) is 5.71 Å². The van der Waals surface area contributed by atoms with Crippen LogP contribution in [0.25, 0.3) is 98.6 Å². The number of hydrogen-bond donors (Lipinski definition) is 0. The molecular weight excluding hydrogens is 548 g/mol. The number of benzene rings is 8. The maximum Gasteiger partial charge on any atom is 0.246 e. The summed E-state index contributed by atoms with van der Waals surface area (Å²) in [6, 6.07) is 51.9. The largest absolute Gasteiger partial charge is 0.436 e. The fraction of sp³-hybridized carbons (Fsp3) is 0. The lowest BCUT2D eigenvalue weighted by atomic mass is 9.84. The van der Waals surface area contributed by atoms with E-state index in [1.54, 1.807) is 0 Å². The highest BCUT2D eigenvalue weighted by molar-refractivity contribution is 6.24. The SMILES string of the molecule is c1ccc2c(-c3c4ccccc4c(-c4ccc5c(ccc6oc7nc8ccccc8nc7c65)c4)c4ccccc34)cccc2c1. The molecule has 0 spiro atoms. The first-order chi connectivity index (χ1) is 22.3. The van der Waals surface area contributed by atoms with Crippen LogP contribution >= 0.6 is 0 Å². The van der Waals surface area contributed by atoms with Crippen molar-refractivity contribution < 1.29 is 4.42 Å². The first-order valence-corrected chi connectivity index (χ1v) is 15.3. The average Bonchev–Trinajstić information content (AvgIpc) is 3.47. The second-order valence-electron chi connectivity index (χ2n) is 11.7. The van der Waals surface area contributed by atoms with E-state index in [-0.39, 0.29) is 0 Å². The van der Waals surface area contributed by atoms with Crippen molar-refractivity contribution in [3.63, 3.8) is 0 Å². The fourth-order valence-corrected chi connectivity index (χ4v) is 7.29. The third-order valence-corrected chi connectivity index (χ3v) is 9.24. The van der Waals surface area contributed by atoms with Crippen LogP contribution in [0.3, 0.4) is 0 Å². The number of aromatic nitrogens is 2. The van der Waals surface area contributed by atoms with E-state index in [1.807, 2.05) is 24.3 Å². The van der Waals surface area contributed by atoms with E-state index < -0.39 is 0 Å². The van der Waals surface area contributed by atoms with Crippen LogP contribution in [0, 0.1) is 0 Å². The Kier molecular flexibility index (Phi) is 5.00. The van der Waals surface area contributed by atoms with Gasteiger partial charge in [0.1, 0.15) is 11.1 Å². The van der Waals surface area contributed by atoms with Crippen LogP contribution < -0.4 is 0 Å².